The molecule has 3 N–H and O–H groups in total. The Kier molecular flexibility index (Phi) is 5.56. The molecule has 2 atom stereocenters. The second-order valence-corrected chi connectivity index (χ2v) is 6.77. The lowest BCUT2D eigenvalue weighted by atomic mass is 9.90. The lowest BCUT2D eigenvalue weighted by molar-refractivity contribution is -0.139. The van der Waals surface area contributed by atoms with Crippen molar-refractivity contribution >= 4 is 40.1 Å². The van der Waals surface area contributed by atoms with E-state index in [2.05, 4.69) is 10.3 Å². The van der Waals surface area contributed by atoms with Crippen LogP contribution < -0.4 is 5.32 Å². The summed E-state index contributed by atoms with van der Waals surface area (Å²) in [6.07, 6.45) is 0.427. The van der Waals surface area contributed by atoms with E-state index in [1.54, 1.807) is 12.1 Å². The average Bonchev–Trinajstić information content (AvgIpc) is 3.01. The van der Waals surface area contributed by atoms with Crippen LogP contribution in [-0.2, 0) is 11.2 Å². The van der Waals surface area contributed by atoms with Gasteiger partial charge in [0, 0.05) is 33.1 Å². The molecular weight excluding hydrogens is 371 g/mol. The van der Waals surface area contributed by atoms with E-state index in [1.807, 2.05) is 44.2 Å². The van der Waals surface area contributed by atoms with Crippen molar-refractivity contribution < 1.29 is 9.90 Å². The fourth-order valence-corrected chi connectivity index (χ4v) is 3.89. The van der Waals surface area contributed by atoms with E-state index in [4.69, 9.17) is 23.2 Å². The molecule has 0 saturated heterocycles. The molecule has 4 rings (SSSR count). The number of carbonyl (C=O) groups is 1. The zero-order chi connectivity index (χ0) is 18.8. The molecule has 2 aromatic carbocycles. The Bertz CT molecular complexity index is 952. The number of nitrogens with one attached hydrogen (secondary N) is 2. The third-order valence-electron chi connectivity index (χ3n) is 4.48. The standard InChI is InChI=1S/C18H14Cl2N2O2.C2H6/c19-9-5-6-11(13(20)7-9)16-17-12(8-15(22-16)18(23)24)10-3-1-2-4-14(10)21-17;1-2/h1-7,15-16,21-22H,8H2,(H,23,24);1-2H3. The van der Waals surface area contributed by atoms with Crippen LogP contribution >= 0.6 is 23.2 Å². The topological polar surface area (TPSA) is 65.1 Å². The second-order valence-electron chi connectivity index (χ2n) is 5.92. The number of carboxylic acid groups (broad SMARTS) is 1. The molecule has 136 valence electrons. The highest BCUT2D eigenvalue weighted by Gasteiger charge is 2.34. The van der Waals surface area contributed by atoms with Crippen molar-refractivity contribution in [2.75, 3.05) is 0 Å². The highest BCUT2D eigenvalue weighted by molar-refractivity contribution is 6.35. The van der Waals surface area contributed by atoms with Gasteiger partial charge in [-0.3, -0.25) is 10.1 Å². The maximum atomic E-state index is 11.6. The predicted octanol–water partition coefficient (Wildman–Crippen LogP) is 5.19. The van der Waals surface area contributed by atoms with Gasteiger partial charge in [0.1, 0.15) is 6.04 Å². The van der Waals surface area contributed by atoms with Crippen LogP contribution in [0.15, 0.2) is 42.5 Å². The third-order valence-corrected chi connectivity index (χ3v) is 5.05. The number of aromatic nitrogens is 1. The molecule has 1 aliphatic heterocycles. The van der Waals surface area contributed by atoms with Gasteiger partial charge in [-0.15, -0.1) is 0 Å². The number of aromatic amines is 1. The molecule has 2 heterocycles. The fraction of sp³-hybridized carbons (Fsp3) is 0.250. The summed E-state index contributed by atoms with van der Waals surface area (Å²) in [4.78, 5) is 15.0. The molecule has 0 saturated carbocycles. The maximum Gasteiger partial charge on any atom is 0.321 e. The van der Waals surface area contributed by atoms with Gasteiger partial charge in [-0.1, -0.05) is 61.3 Å². The minimum Gasteiger partial charge on any atom is -0.480 e. The molecule has 0 radical (unpaired) electrons. The molecule has 0 aliphatic carbocycles. The van der Waals surface area contributed by atoms with Crippen molar-refractivity contribution in [2.24, 2.45) is 0 Å². The van der Waals surface area contributed by atoms with Crippen molar-refractivity contribution in [3.8, 4) is 0 Å². The zero-order valence-electron chi connectivity index (χ0n) is 14.5. The number of H-pyrrole nitrogens is 1. The summed E-state index contributed by atoms with van der Waals surface area (Å²) in [5.74, 6) is -0.874. The van der Waals surface area contributed by atoms with Gasteiger partial charge in [-0.2, -0.15) is 0 Å². The molecule has 26 heavy (non-hydrogen) atoms. The molecule has 6 heteroatoms. The second kappa shape index (κ2) is 7.70. The van der Waals surface area contributed by atoms with Gasteiger partial charge in [0.2, 0.25) is 0 Å². The molecular formula is C20H20Cl2N2O2. The van der Waals surface area contributed by atoms with Crippen LogP contribution in [0.25, 0.3) is 10.9 Å². The van der Waals surface area contributed by atoms with Gasteiger partial charge < -0.3 is 10.1 Å². The van der Waals surface area contributed by atoms with Gasteiger partial charge in [0.15, 0.2) is 0 Å². The molecule has 4 nitrogen and oxygen atoms in total. The Balaban J connectivity index is 0.000000948. The van der Waals surface area contributed by atoms with E-state index in [0.717, 1.165) is 27.7 Å². The fourth-order valence-electron chi connectivity index (χ4n) is 3.37. The lowest BCUT2D eigenvalue weighted by Gasteiger charge is -2.30. The van der Waals surface area contributed by atoms with Gasteiger partial charge in [-0.25, -0.2) is 0 Å². The van der Waals surface area contributed by atoms with Gasteiger partial charge in [0.25, 0.3) is 0 Å². The van der Waals surface area contributed by atoms with Crippen LogP contribution in [0, 0.1) is 0 Å². The van der Waals surface area contributed by atoms with Crippen molar-refractivity contribution in [3.05, 3.63) is 69.3 Å². The van der Waals surface area contributed by atoms with Crippen molar-refractivity contribution in [2.45, 2.75) is 32.4 Å². The summed E-state index contributed by atoms with van der Waals surface area (Å²) in [6, 6.07) is 12.2. The normalized spacial score (nSPS) is 18.8. The number of para-hydroxylation sites is 1. The van der Waals surface area contributed by atoms with Crippen LogP contribution in [0.1, 0.15) is 36.7 Å². The molecule has 3 aromatic rings. The van der Waals surface area contributed by atoms with Crippen LogP contribution in [0.4, 0.5) is 0 Å². The predicted molar refractivity (Wildman–Crippen MR) is 106 cm³/mol. The monoisotopic (exact) mass is 390 g/mol. The van der Waals surface area contributed by atoms with E-state index in [9.17, 15) is 9.90 Å². The Labute approximate surface area is 162 Å². The van der Waals surface area contributed by atoms with Gasteiger partial charge >= 0.3 is 5.97 Å². The summed E-state index contributed by atoms with van der Waals surface area (Å²) >= 11 is 12.4. The summed E-state index contributed by atoms with van der Waals surface area (Å²) in [6.45, 7) is 4.00. The van der Waals surface area contributed by atoms with Gasteiger partial charge in [0.05, 0.1) is 6.04 Å². The first-order chi connectivity index (χ1) is 12.5. The minimum atomic E-state index is -0.874. The molecule has 1 aliphatic rings. The molecule has 2 unspecified atom stereocenters. The van der Waals surface area contributed by atoms with Crippen LogP contribution in [0.2, 0.25) is 10.0 Å². The van der Waals surface area contributed by atoms with E-state index >= 15 is 0 Å². The first-order valence-corrected chi connectivity index (χ1v) is 9.33. The number of carboxylic acids is 1. The molecule has 0 bridgehead atoms. The quantitative estimate of drug-likeness (QED) is 0.563. The minimum absolute atomic E-state index is 0.327. The SMILES string of the molecule is CC.O=C(O)C1Cc2c([nH]c3ccccc23)C(c2ccc(Cl)cc2Cl)N1. The van der Waals surface area contributed by atoms with Crippen molar-refractivity contribution in [1.29, 1.82) is 0 Å². The Morgan fingerprint density at radius 3 is 2.58 bits per heavy atom. The van der Waals surface area contributed by atoms with Crippen LogP contribution in [0.3, 0.4) is 0 Å². The van der Waals surface area contributed by atoms with Crippen molar-refractivity contribution in [1.82, 2.24) is 10.3 Å². The molecule has 0 spiro atoms. The number of fused-ring (bicyclic) bond motifs is 3. The lowest BCUT2D eigenvalue weighted by Crippen LogP contribution is -2.45. The van der Waals surface area contributed by atoms with E-state index in [-0.39, 0.29) is 6.04 Å². The molecule has 0 fully saturated rings. The largest absolute Gasteiger partial charge is 0.480 e. The van der Waals surface area contributed by atoms with E-state index in [0.29, 0.717) is 16.5 Å². The highest BCUT2D eigenvalue weighted by Crippen LogP contribution is 2.38. The van der Waals surface area contributed by atoms with Crippen LogP contribution in [-0.4, -0.2) is 22.1 Å². The van der Waals surface area contributed by atoms with Gasteiger partial charge in [-0.05, 0) is 29.3 Å². The first kappa shape index (κ1) is 18.8. The summed E-state index contributed by atoms with van der Waals surface area (Å²) in [7, 11) is 0. The number of halogens is 2. The van der Waals surface area contributed by atoms with E-state index in [1.165, 1.54) is 0 Å². The smallest absolute Gasteiger partial charge is 0.321 e. The number of rotatable bonds is 2. The van der Waals surface area contributed by atoms with E-state index < -0.39 is 12.0 Å². The van der Waals surface area contributed by atoms with Crippen molar-refractivity contribution in [3.63, 3.8) is 0 Å². The summed E-state index contributed by atoms with van der Waals surface area (Å²) in [5, 5.41) is 14.8. The number of hydrogen-bond acceptors (Lipinski definition) is 2. The third kappa shape index (κ3) is 3.32. The maximum absolute atomic E-state index is 11.6. The Morgan fingerprint density at radius 1 is 1.15 bits per heavy atom. The zero-order valence-corrected chi connectivity index (χ0v) is 16.0. The number of aliphatic carboxylic acids is 1. The highest BCUT2D eigenvalue weighted by atomic mass is 35.5. The summed E-state index contributed by atoms with van der Waals surface area (Å²) in [5.41, 5.74) is 3.77. The summed E-state index contributed by atoms with van der Waals surface area (Å²) < 4.78 is 0. The Morgan fingerprint density at radius 2 is 1.88 bits per heavy atom. The number of hydrogen-bond donors (Lipinski definition) is 3. The first-order valence-electron chi connectivity index (χ1n) is 8.58. The Hall–Kier alpha value is -2.01. The molecule has 0 amide bonds. The number of benzene rings is 2. The van der Waals surface area contributed by atoms with Crippen LogP contribution in [0.5, 0.6) is 0 Å². The average molecular weight is 391 g/mol. The molecule has 1 aromatic heterocycles.